The molecule has 3 N–H and O–H groups in total. The lowest BCUT2D eigenvalue weighted by Gasteiger charge is -2.34. The highest BCUT2D eigenvalue weighted by Gasteiger charge is 2.39. The van der Waals surface area contributed by atoms with Crippen LogP contribution >= 0.6 is 0 Å². The number of carbonyl (C=O) groups is 1. The van der Waals surface area contributed by atoms with Crippen molar-refractivity contribution in [2.45, 2.75) is 19.8 Å². The third-order valence-corrected chi connectivity index (χ3v) is 4.04. The van der Waals surface area contributed by atoms with E-state index in [9.17, 15) is 9.18 Å². The summed E-state index contributed by atoms with van der Waals surface area (Å²) in [6.45, 7) is 2.74. The average molecular weight is 291 g/mol. The fourth-order valence-electron chi connectivity index (χ4n) is 2.41. The van der Waals surface area contributed by atoms with Crippen molar-refractivity contribution in [3.63, 3.8) is 0 Å². The van der Waals surface area contributed by atoms with Crippen molar-refractivity contribution in [2.75, 3.05) is 25.1 Å². The number of benzene rings is 1. The second-order valence-corrected chi connectivity index (χ2v) is 5.29. The molecule has 5 nitrogen and oxygen atoms in total. The molecule has 1 aromatic carbocycles. The van der Waals surface area contributed by atoms with Gasteiger partial charge >= 0.3 is 0 Å². The van der Waals surface area contributed by atoms with Gasteiger partial charge in [0.25, 0.3) is 0 Å². The lowest BCUT2D eigenvalue weighted by molar-refractivity contribution is -0.130. The number of carbonyl (C=O) groups excluding carboxylic acids is 1. The third-order valence-electron chi connectivity index (χ3n) is 4.04. The molecule has 1 aliphatic heterocycles. The number of ether oxygens (including phenoxy) is 1. The Bertz CT molecular complexity index is 589. The maximum atomic E-state index is 13.7. The minimum atomic E-state index is -0.691. The zero-order chi connectivity index (χ0) is 15.5. The van der Waals surface area contributed by atoms with Gasteiger partial charge in [0.2, 0.25) is 5.91 Å². The van der Waals surface area contributed by atoms with E-state index in [4.69, 9.17) is 15.7 Å². The predicted molar refractivity (Wildman–Crippen MR) is 76.0 cm³/mol. The highest BCUT2D eigenvalue weighted by atomic mass is 19.1. The number of nitrogens with zero attached hydrogens (tertiary/aromatic N) is 1. The van der Waals surface area contributed by atoms with Gasteiger partial charge in [0.1, 0.15) is 5.82 Å². The Hall–Kier alpha value is -1.97. The van der Waals surface area contributed by atoms with E-state index in [1.807, 2.05) is 6.07 Å². The fourth-order valence-corrected chi connectivity index (χ4v) is 2.41. The summed E-state index contributed by atoms with van der Waals surface area (Å²) in [6, 6.07) is 4.50. The molecule has 0 saturated carbocycles. The zero-order valence-corrected chi connectivity index (χ0v) is 11.9. The molecule has 1 amide bonds. The average Bonchev–Trinajstić information content (AvgIpc) is 2.52. The lowest BCUT2D eigenvalue weighted by Crippen LogP contribution is -2.46. The van der Waals surface area contributed by atoms with Gasteiger partial charge in [-0.1, -0.05) is 0 Å². The summed E-state index contributed by atoms with van der Waals surface area (Å²) >= 11 is 0. The van der Waals surface area contributed by atoms with Gasteiger partial charge in [0.15, 0.2) is 0 Å². The molecular weight excluding hydrogens is 273 g/mol. The molecule has 112 valence electrons. The predicted octanol–water partition coefficient (Wildman–Crippen LogP) is 1.70. The Morgan fingerprint density at radius 3 is 2.76 bits per heavy atom. The minimum Gasteiger partial charge on any atom is -0.381 e. The first-order valence-corrected chi connectivity index (χ1v) is 6.82. The van der Waals surface area contributed by atoms with Crippen LogP contribution in [0.5, 0.6) is 0 Å². The van der Waals surface area contributed by atoms with Crippen molar-refractivity contribution in [1.29, 1.82) is 5.26 Å². The highest BCUT2D eigenvalue weighted by molar-refractivity contribution is 5.96. The molecular formula is C15H18FN3O2. The molecule has 0 unspecified atom stereocenters. The van der Waals surface area contributed by atoms with Crippen molar-refractivity contribution in [3.05, 3.63) is 29.1 Å². The first-order chi connectivity index (χ1) is 10.0. The maximum absolute atomic E-state index is 13.7. The van der Waals surface area contributed by atoms with Crippen LogP contribution in [0.4, 0.5) is 10.1 Å². The minimum absolute atomic E-state index is 0.169. The van der Waals surface area contributed by atoms with E-state index in [0.717, 1.165) is 6.07 Å². The van der Waals surface area contributed by atoms with Crippen molar-refractivity contribution in [2.24, 2.45) is 11.1 Å². The topological polar surface area (TPSA) is 88.1 Å². The Morgan fingerprint density at radius 1 is 1.52 bits per heavy atom. The van der Waals surface area contributed by atoms with Crippen molar-refractivity contribution in [1.82, 2.24) is 0 Å². The molecule has 1 fully saturated rings. The molecule has 0 radical (unpaired) electrons. The number of amides is 1. The Kier molecular flexibility index (Phi) is 4.56. The summed E-state index contributed by atoms with van der Waals surface area (Å²) < 4.78 is 19.0. The van der Waals surface area contributed by atoms with Crippen LogP contribution in [0.3, 0.4) is 0 Å². The molecule has 1 heterocycles. The molecule has 1 aromatic rings. The van der Waals surface area contributed by atoms with E-state index in [1.54, 1.807) is 6.92 Å². The Morgan fingerprint density at radius 2 is 2.19 bits per heavy atom. The van der Waals surface area contributed by atoms with Crippen LogP contribution in [0.1, 0.15) is 24.0 Å². The summed E-state index contributed by atoms with van der Waals surface area (Å²) in [5.41, 5.74) is 5.87. The third kappa shape index (κ3) is 3.04. The quantitative estimate of drug-likeness (QED) is 0.887. The van der Waals surface area contributed by atoms with Crippen molar-refractivity contribution in [3.8, 4) is 6.07 Å². The zero-order valence-electron chi connectivity index (χ0n) is 11.9. The number of nitriles is 1. The van der Waals surface area contributed by atoms with Gasteiger partial charge in [-0.05, 0) is 31.9 Å². The summed E-state index contributed by atoms with van der Waals surface area (Å²) in [7, 11) is 0. The van der Waals surface area contributed by atoms with Gasteiger partial charge in [0, 0.05) is 31.0 Å². The summed E-state index contributed by atoms with van der Waals surface area (Å²) in [6.07, 6.45) is 1.07. The molecule has 0 aromatic heterocycles. The fraction of sp³-hybridized carbons (Fsp3) is 0.467. The molecule has 0 bridgehead atoms. The first-order valence-electron chi connectivity index (χ1n) is 6.82. The van der Waals surface area contributed by atoms with Crippen LogP contribution in [0.2, 0.25) is 0 Å². The lowest BCUT2D eigenvalue weighted by atomic mass is 9.79. The number of halogens is 1. The SMILES string of the molecule is Cc1c(F)cc(C#N)cc1NC(=O)C1(CN)CCOCC1. The van der Waals surface area contributed by atoms with Crippen molar-refractivity contribution >= 4 is 11.6 Å². The van der Waals surface area contributed by atoms with E-state index in [1.165, 1.54) is 6.07 Å². The van der Waals surface area contributed by atoms with E-state index in [-0.39, 0.29) is 18.0 Å². The number of hydrogen-bond donors (Lipinski definition) is 2. The van der Waals surface area contributed by atoms with Crippen LogP contribution in [-0.4, -0.2) is 25.7 Å². The second kappa shape index (κ2) is 6.20. The number of nitrogens with two attached hydrogens (primary N) is 1. The Labute approximate surface area is 122 Å². The van der Waals surface area contributed by atoms with Crippen LogP contribution in [0.25, 0.3) is 0 Å². The molecule has 1 saturated heterocycles. The van der Waals surface area contributed by atoms with Crippen LogP contribution in [0.15, 0.2) is 12.1 Å². The first kappa shape index (κ1) is 15.4. The maximum Gasteiger partial charge on any atom is 0.232 e. The number of anilines is 1. The molecule has 1 aliphatic rings. The van der Waals surface area contributed by atoms with E-state index in [2.05, 4.69) is 5.32 Å². The molecule has 2 rings (SSSR count). The normalized spacial score (nSPS) is 17.0. The summed E-state index contributed by atoms with van der Waals surface area (Å²) in [5, 5.41) is 11.6. The standard InChI is InChI=1S/C15H18FN3O2/c1-10-12(16)6-11(8-17)7-13(10)19-14(20)15(9-18)2-4-21-5-3-15/h6-7H,2-5,9,18H2,1H3,(H,19,20). The number of nitrogens with one attached hydrogen (secondary N) is 1. The molecule has 21 heavy (non-hydrogen) atoms. The largest absolute Gasteiger partial charge is 0.381 e. The molecule has 0 atom stereocenters. The number of hydrogen-bond acceptors (Lipinski definition) is 4. The van der Waals surface area contributed by atoms with Crippen LogP contribution < -0.4 is 11.1 Å². The highest BCUT2D eigenvalue weighted by Crippen LogP contribution is 2.32. The molecule has 0 spiro atoms. The summed E-state index contributed by atoms with van der Waals surface area (Å²) in [4.78, 5) is 12.5. The van der Waals surface area contributed by atoms with E-state index in [0.29, 0.717) is 37.3 Å². The van der Waals surface area contributed by atoms with Gasteiger partial charge in [-0.25, -0.2) is 4.39 Å². The van der Waals surface area contributed by atoms with Gasteiger partial charge < -0.3 is 15.8 Å². The van der Waals surface area contributed by atoms with Gasteiger partial charge in [0.05, 0.1) is 17.0 Å². The molecule has 6 heteroatoms. The number of rotatable bonds is 3. The van der Waals surface area contributed by atoms with Crippen LogP contribution in [-0.2, 0) is 9.53 Å². The Balaban J connectivity index is 2.27. The smallest absolute Gasteiger partial charge is 0.232 e. The van der Waals surface area contributed by atoms with Crippen molar-refractivity contribution < 1.29 is 13.9 Å². The van der Waals surface area contributed by atoms with E-state index < -0.39 is 11.2 Å². The van der Waals surface area contributed by atoms with Crippen LogP contribution in [0, 0.1) is 29.5 Å². The van der Waals surface area contributed by atoms with Gasteiger partial charge in [-0.15, -0.1) is 0 Å². The molecule has 0 aliphatic carbocycles. The summed E-state index contributed by atoms with van der Waals surface area (Å²) in [5.74, 6) is -0.760. The monoisotopic (exact) mass is 291 g/mol. The van der Waals surface area contributed by atoms with Gasteiger partial charge in [-0.2, -0.15) is 5.26 Å². The van der Waals surface area contributed by atoms with Gasteiger partial charge in [-0.3, -0.25) is 4.79 Å². The second-order valence-electron chi connectivity index (χ2n) is 5.29. The van der Waals surface area contributed by atoms with E-state index >= 15 is 0 Å².